The molecule has 0 aliphatic carbocycles. The number of benzene rings is 8. The van der Waals surface area contributed by atoms with E-state index in [1.165, 1.54) is 84.3 Å². The van der Waals surface area contributed by atoms with E-state index in [4.69, 9.17) is 0 Å². The summed E-state index contributed by atoms with van der Waals surface area (Å²) in [6.45, 7) is 0. The molecule has 0 saturated heterocycles. The van der Waals surface area contributed by atoms with Crippen LogP contribution in [0.4, 0.5) is 17.1 Å². The Balaban J connectivity index is 1.19. The van der Waals surface area contributed by atoms with Gasteiger partial charge in [-0.25, -0.2) is 0 Å². The highest BCUT2D eigenvalue weighted by Crippen LogP contribution is 2.48. The van der Waals surface area contributed by atoms with E-state index in [0.29, 0.717) is 0 Å². The molecule has 8 aromatic carbocycles. The lowest BCUT2D eigenvalue weighted by Crippen LogP contribution is -2.10. The number of rotatable bonds is 4. The van der Waals surface area contributed by atoms with Gasteiger partial charge >= 0.3 is 0 Å². The number of para-hydroxylation sites is 2. The van der Waals surface area contributed by atoms with Crippen LogP contribution >= 0.6 is 22.7 Å². The fourth-order valence-electron chi connectivity index (χ4n) is 7.96. The Morgan fingerprint density at radius 3 is 2.04 bits per heavy atom. The van der Waals surface area contributed by atoms with E-state index < -0.39 is 0 Å². The topological polar surface area (TPSA) is 8.17 Å². The molecular formula is C46H28N2S2. The summed E-state index contributed by atoms with van der Waals surface area (Å²) in [5.74, 6) is 0. The second kappa shape index (κ2) is 10.8. The maximum absolute atomic E-state index is 2.48. The van der Waals surface area contributed by atoms with Gasteiger partial charge in [0.25, 0.3) is 0 Å². The molecule has 0 bridgehead atoms. The predicted octanol–water partition coefficient (Wildman–Crippen LogP) is 14.1. The first-order valence-electron chi connectivity index (χ1n) is 16.9. The lowest BCUT2D eigenvalue weighted by atomic mass is 10.0. The van der Waals surface area contributed by atoms with E-state index in [1.807, 2.05) is 22.7 Å². The maximum Gasteiger partial charge on any atom is 0.0640 e. The summed E-state index contributed by atoms with van der Waals surface area (Å²) in [5.41, 5.74) is 7.08. The third-order valence-corrected chi connectivity index (χ3v) is 12.5. The monoisotopic (exact) mass is 672 g/mol. The fourth-order valence-corrected chi connectivity index (χ4v) is 10.3. The first-order chi connectivity index (χ1) is 24.8. The Hall–Kier alpha value is -5.94. The van der Waals surface area contributed by atoms with Gasteiger partial charge in [-0.15, -0.1) is 22.7 Å². The minimum absolute atomic E-state index is 1.14. The SMILES string of the molecule is c1ccc(-n2c3ccccc3c3cc(N(c4ccc5c(c4)sc4ccc6ccccc6c45)c4cccc5c4sc4ccccc45)ccc32)cc1. The van der Waals surface area contributed by atoms with Gasteiger partial charge in [-0.3, -0.25) is 0 Å². The molecular weight excluding hydrogens is 645 g/mol. The molecule has 11 rings (SSSR count). The highest BCUT2D eigenvalue weighted by Gasteiger charge is 2.21. The molecule has 0 aliphatic rings. The molecule has 3 heterocycles. The lowest BCUT2D eigenvalue weighted by molar-refractivity contribution is 1.18. The molecule has 0 unspecified atom stereocenters. The van der Waals surface area contributed by atoms with Gasteiger partial charge in [-0.05, 0) is 77.5 Å². The molecule has 0 atom stereocenters. The maximum atomic E-state index is 2.48. The zero-order chi connectivity index (χ0) is 32.8. The lowest BCUT2D eigenvalue weighted by Gasteiger charge is -2.26. The average molecular weight is 673 g/mol. The highest BCUT2D eigenvalue weighted by atomic mass is 32.1. The molecule has 3 aromatic heterocycles. The molecule has 2 nitrogen and oxygen atoms in total. The van der Waals surface area contributed by atoms with Crippen LogP contribution in [-0.4, -0.2) is 4.57 Å². The average Bonchev–Trinajstić information content (AvgIpc) is 3.85. The molecule has 4 heteroatoms. The third-order valence-electron chi connectivity index (χ3n) is 10.2. The molecule has 0 spiro atoms. The van der Waals surface area contributed by atoms with E-state index in [0.717, 1.165) is 11.4 Å². The third kappa shape index (κ3) is 4.07. The second-order valence-corrected chi connectivity index (χ2v) is 15.1. The van der Waals surface area contributed by atoms with E-state index in [9.17, 15) is 0 Å². The van der Waals surface area contributed by atoms with Crippen LogP contribution in [0.15, 0.2) is 170 Å². The van der Waals surface area contributed by atoms with Crippen molar-refractivity contribution < 1.29 is 0 Å². The Bertz CT molecular complexity index is 3110. The van der Waals surface area contributed by atoms with Gasteiger partial charge in [0.2, 0.25) is 0 Å². The summed E-state index contributed by atoms with van der Waals surface area (Å²) in [6.07, 6.45) is 0. The van der Waals surface area contributed by atoms with Gasteiger partial charge in [0.1, 0.15) is 0 Å². The van der Waals surface area contributed by atoms with Crippen molar-refractivity contribution in [2.45, 2.75) is 0 Å². The number of hydrogen-bond donors (Lipinski definition) is 0. The Morgan fingerprint density at radius 1 is 0.400 bits per heavy atom. The fraction of sp³-hybridized carbons (Fsp3) is 0. The van der Waals surface area contributed by atoms with Crippen molar-refractivity contribution in [3.8, 4) is 5.69 Å². The molecule has 0 fully saturated rings. The molecule has 0 N–H and O–H groups in total. The molecule has 0 saturated carbocycles. The summed E-state index contributed by atoms with van der Waals surface area (Å²) < 4.78 is 7.61. The standard InChI is InChI=1S/C46H28N2S2/c1-2-12-30(13-3-1)48-39-18-8-6-15-34(39)38-27-31(23-25-40(38)48)47(41-19-10-17-36-35-16-7-9-20-42(35)50-46(36)41)32-22-24-37-44(28-32)49-43-26-21-29-11-4-5-14-33(29)45(37)43/h1-28H. The molecule has 50 heavy (non-hydrogen) atoms. The number of fused-ring (bicyclic) bond motifs is 11. The number of aromatic nitrogens is 1. The molecule has 11 aromatic rings. The molecule has 0 amide bonds. The summed E-state index contributed by atoms with van der Waals surface area (Å²) >= 11 is 3.76. The summed E-state index contributed by atoms with van der Waals surface area (Å²) in [4.78, 5) is 2.48. The molecule has 0 aliphatic heterocycles. The van der Waals surface area contributed by atoms with Gasteiger partial charge in [0.15, 0.2) is 0 Å². The van der Waals surface area contributed by atoms with Gasteiger partial charge in [-0.1, -0.05) is 103 Å². The predicted molar refractivity (Wildman–Crippen MR) is 219 cm³/mol. The zero-order valence-electron chi connectivity index (χ0n) is 26.9. The second-order valence-electron chi connectivity index (χ2n) is 12.9. The van der Waals surface area contributed by atoms with E-state index in [-0.39, 0.29) is 0 Å². The van der Waals surface area contributed by atoms with Crippen molar-refractivity contribution >= 4 is 113 Å². The van der Waals surface area contributed by atoms with E-state index in [2.05, 4.69) is 179 Å². The van der Waals surface area contributed by atoms with Crippen LogP contribution in [0.25, 0.3) is 78.6 Å². The van der Waals surface area contributed by atoms with Crippen molar-refractivity contribution in [3.63, 3.8) is 0 Å². The summed E-state index contributed by atoms with van der Waals surface area (Å²) in [7, 11) is 0. The van der Waals surface area contributed by atoms with Crippen LogP contribution < -0.4 is 4.90 Å². The van der Waals surface area contributed by atoms with Crippen molar-refractivity contribution in [1.82, 2.24) is 4.57 Å². The Kier molecular flexibility index (Phi) is 6.03. The summed E-state index contributed by atoms with van der Waals surface area (Å²) in [6, 6.07) is 62.4. The van der Waals surface area contributed by atoms with Crippen LogP contribution in [0.5, 0.6) is 0 Å². The first-order valence-corrected chi connectivity index (χ1v) is 18.6. The normalized spacial score (nSPS) is 12.0. The number of hydrogen-bond acceptors (Lipinski definition) is 3. The zero-order valence-corrected chi connectivity index (χ0v) is 28.5. The van der Waals surface area contributed by atoms with Gasteiger partial charge < -0.3 is 9.47 Å². The van der Waals surface area contributed by atoms with Crippen molar-refractivity contribution in [2.24, 2.45) is 0 Å². The summed E-state index contributed by atoms with van der Waals surface area (Å²) in [5, 5.41) is 10.4. The van der Waals surface area contributed by atoms with Crippen LogP contribution in [-0.2, 0) is 0 Å². The Morgan fingerprint density at radius 2 is 1.12 bits per heavy atom. The van der Waals surface area contributed by atoms with Gasteiger partial charge in [-0.2, -0.15) is 0 Å². The van der Waals surface area contributed by atoms with E-state index >= 15 is 0 Å². The Labute approximate surface area is 296 Å². The van der Waals surface area contributed by atoms with E-state index in [1.54, 1.807) is 0 Å². The minimum atomic E-state index is 1.14. The van der Waals surface area contributed by atoms with Crippen LogP contribution in [0, 0.1) is 0 Å². The molecule has 0 radical (unpaired) electrons. The van der Waals surface area contributed by atoms with Crippen molar-refractivity contribution in [1.29, 1.82) is 0 Å². The van der Waals surface area contributed by atoms with Crippen LogP contribution in [0.1, 0.15) is 0 Å². The van der Waals surface area contributed by atoms with Crippen LogP contribution in [0.3, 0.4) is 0 Å². The quantitative estimate of drug-likeness (QED) is 0.181. The largest absolute Gasteiger partial charge is 0.309 e. The van der Waals surface area contributed by atoms with Crippen molar-refractivity contribution in [2.75, 3.05) is 4.90 Å². The van der Waals surface area contributed by atoms with Crippen LogP contribution in [0.2, 0.25) is 0 Å². The van der Waals surface area contributed by atoms with Gasteiger partial charge in [0, 0.05) is 63.5 Å². The smallest absolute Gasteiger partial charge is 0.0640 e. The number of nitrogens with zero attached hydrogens (tertiary/aromatic N) is 2. The van der Waals surface area contributed by atoms with Gasteiger partial charge in [0.05, 0.1) is 21.4 Å². The first kappa shape index (κ1) is 28.0. The minimum Gasteiger partial charge on any atom is -0.309 e. The molecule has 234 valence electrons. The highest BCUT2D eigenvalue weighted by molar-refractivity contribution is 7.26. The van der Waals surface area contributed by atoms with Crippen molar-refractivity contribution in [3.05, 3.63) is 170 Å². The number of anilines is 3. The number of thiophene rings is 2.